The lowest BCUT2D eigenvalue weighted by Gasteiger charge is -2.21. The van der Waals surface area contributed by atoms with Crippen molar-refractivity contribution in [3.8, 4) is 0 Å². The lowest BCUT2D eigenvalue weighted by molar-refractivity contribution is -0.144. The predicted molar refractivity (Wildman–Crippen MR) is 204 cm³/mol. The van der Waals surface area contributed by atoms with Crippen LogP contribution in [0, 0.1) is 0 Å². The van der Waals surface area contributed by atoms with Crippen LogP contribution in [-0.2, 0) is 43.2 Å². The van der Waals surface area contributed by atoms with Gasteiger partial charge < -0.3 is 35.6 Å². The van der Waals surface area contributed by atoms with Gasteiger partial charge in [-0.1, -0.05) is 62.0 Å². The third-order valence-corrected chi connectivity index (χ3v) is 8.59. The minimum absolute atomic E-state index is 0. The number of carboxylic acid groups (broad SMARTS) is 2. The molecule has 5 heterocycles. The Morgan fingerprint density at radius 1 is 0.788 bits per heavy atom. The number of esters is 1. The second-order valence-electron chi connectivity index (χ2n) is 11.6. The fraction of sp³-hybridized carbons (Fsp3) is 0.263. The highest BCUT2D eigenvalue weighted by atomic mass is 35.5. The van der Waals surface area contributed by atoms with Crippen LogP contribution in [0.5, 0.6) is 0 Å². The number of benzene rings is 3. The second kappa shape index (κ2) is 19.2. The van der Waals surface area contributed by atoms with Crippen LogP contribution < -0.4 is 16.4 Å². The highest BCUT2D eigenvalue weighted by Crippen LogP contribution is 2.31. The number of H-pyrrole nitrogens is 3. The second-order valence-corrected chi connectivity index (χ2v) is 11.6. The number of carbonyl (C=O) groups excluding carboxylic acids is 2. The van der Waals surface area contributed by atoms with Crippen LogP contribution in [0.3, 0.4) is 0 Å². The van der Waals surface area contributed by atoms with E-state index in [0.717, 1.165) is 59.2 Å². The molecule has 6 aromatic rings. The number of aliphatic carboxylic acids is 2. The quantitative estimate of drug-likeness (QED) is 0.0677. The number of methoxy groups -OCH3 is 1. The standard InChI is InChI=1S/C13H14N2O2.C12H12N2O2.C10H12N2.C2H2O3.CH4.ClH/c1-17-13(16)12-11-9(6-7-14-12)8-4-2-3-5-10(8)15-11;15-12(16)11-10-8(5-6-13-11)7-3-1-2-4-9(7)14-10;11-6-5-8-7-12-10-4-2-1-3-9(8)10;3-1-2(4)5;;/h2-5,12,14-15H,6-7H2,1H3;1-4,11,13-14H,5-6H2,(H,15,16);1-4,7,12H,5-6,11H2;1H,(H,4,5);1H4;1H. The molecule has 13 nitrogen and oxygen atoms in total. The molecule has 0 spiro atoms. The molecule has 3 aromatic carbocycles. The zero-order valence-corrected chi connectivity index (χ0v) is 28.7. The van der Waals surface area contributed by atoms with E-state index in [1.807, 2.05) is 54.7 Å². The molecule has 0 radical (unpaired) electrons. The minimum Gasteiger partial charge on any atom is -0.480 e. The number of halogens is 1. The first-order valence-corrected chi connectivity index (χ1v) is 16.2. The molecule has 2 aliphatic rings. The zero-order valence-electron chi connectivity index (χ0n) is 27.9. The summed E-state index contributed by atoms with van der Waals surface area (Å²) in [7, 11) is 1.42. The molecule has 52 heavy (non-hydrogen) atoms. The minimum atomic E-state index is -1.43. The molecule has 0 saturated heterocycles. The molecule has 0 fully saturated rings. The maximum absolute atomic E-state index is 11.7. The van der Waals surface area contributed by atoms with Gasteiger partial charge in [-0.2, -0.15) is 0 Å². The van der Waals surface area contributed by atoms with Gasteiger partial charge in [0.15, 0.2) is 0 Å². The zero-order chi connectivity index (χ0) is 35.6. The third kappa shape index (κ3) is 9.25. The number of para-hydroxylation sites is 3. The fourth-order valence-corrected chi connectivity index (χ4v) is 6.38. The molecule has 0 amide bonds. The topological polar surface area (TPSA) is 215 Å². The Morgan fingerprint density at radius 2 is 1.25 bits per heavy atom. The largest absolute Gasteiger partial charge is 0.480 e. The molecule has 9 N–H and O–H groups in total. The average molecular weight is 733 g/mol. The summed E-state index contributed by atoms with van der Waals surface area (Å²) >= 11 is 0. The number of aromatic amines is 3. The molecule has 2 unspecified atom stereocenters. The summed E-state index contributed by atoms with van der Waals surface area (Å²) in [5, 5.41) is 26.3. The summed E-state index contributed by atoms with van der Waals surface area (Å²) < 4.78 is 4.82. The number of rotatable bonds is 5. The summed E-state index contributed by atoms with van der Waals surface area (Å²) in [5.41, 5.74) is 14.2. The number of ether oxygens (including phenoxy) is 1. The normalized spacial score (nSPS) is 15.3. The summed E-state index contributed by atoms with van der Waals surface area (Å²) in [6.45, 7) is 2.22. The summed E-state index contributed by atoms with van der Waals surface area (Å²) in [6, 6.07) is 23.4. The molecule has 2 atom stereocenters. The molecule has 3 aromatic heterocycles. The maximum Gasteiger partial charge on any atom is 0.368 e. The van der Waals surface area contributed by atoms with E-state index in [1.165, 1.54) is 34.5 Å². The number of carboxylic acids is 2. The highest BCUT2D eigenvalue weighted by Gasteiger charge is 2.30. The Kier molecular flexibility index (Phi) is 15.1. The van der Waals surface area contributed by atoms with Gasteiger partial charge in [0, 0.05) is 63.4 Å². The molecular formula is C38H45ClN6O7. The van der Waals surface area contributed by atoms with Gasteiger partial charge in [0.25, 0.3) is 0 Å². The first kappa shape index (κ1) is 41.0. The van der Waals surface area contributed by atoms with Crippen molar-refractivity contribution in [2.75, 3.05) is 26.7 Å². The van der Waals surface area contributed by atoms with E-state index in [1.54, 1.807) is 0 Å². The van der Waals surface area contributed by atoms with Crippen LogP contribution in [0.4, 0.5) is 0 Å². The van der Waals surface area contributed by atoms with Crippen molar-refractivity contribution in [1.82, 2.24) is 25.6 Å². The maximum atomic E-state index is 11.7. The van der Waals surface area contributed by atoms with Gasteiger partial charge in [0.2, 0.25) is 6.29 Å². The summed E-state index contributed by atoms with van der Waals surface area (Å²) in [6.07, 6.45) is 4.64. The van der Waals surface area contributed by atoms with Crippen molar-refractivity contribution in [3.05, 3.63) is 107 Å². The Morgan fingerprint density at radius 3 is 1.73 bits per heavy atom. The third-order valence-electron chi connectivity index (χ3n) is 8.59. The average Bonchev–Trinajstić information content (AvgIpc) is 3.85. The monoisotopic (exact) mass is 732 g/mol. The molecule has 0 bridgehead atoms. The lowest BCUT2D eigenvalue weighted by atomic mass is 9.99. The predicted octanol–water partition coefficient (Wildman–Crippen LogP) is 4.96. The van der Waals surface area contributed by atoms with Gasteiger partial charge in [0.05, 0.1) is 7.11 Å². The molecule has 0 saturated carbocycles. The number of aldehydes is 1. The van der Waals surface area contributed by atoms with Crippen LogP contribution in [-0.4, -0.2) is 76.1 Å². The number of nitrogens with one attached hydrogen (secondary N) is 5. The molecule has 0 aliphatic carbocycles. The first-order chi connectivity index (χ1) is 24.3. The van der Waals surface area contributed by atoms with Crippen LogP contribution >= 0.6 is 12.4 Å². The summed E-state index contributed by atoms with van der Waals surface area (Å²) in [4.78, 5) is 50.5. The van der Waals surface area contributed by atoms with Crippen LogP contribution in [0.25, 0.3) is 32.7 Å². The van der Waals surface area contributed by atoms with Crippen molar-refractivity contribution in [2.45, 2.75) is 38.8 Å². The van der Waals surface area contributed by atoms with E-state index in [9.17, 15) is 9.59 Å². The fourth-order valence-electron chi connectivity index (χ4n) is 6.38. The highest BCUT2D eigenvalue weighted by molar-refractivity contribution is 6.19. The van der Waals surface area contributed by atoms with Gasteiger partial charge in [-0.25, -0.2) is 9.59 Å². The van der Waals surface area contributed by atoms with Gasteiger partial charge in [0.1, 0.15) is 12.1 Å². The Labute approximate surface area is 306 Å². The molecule has 2 aliphatic heterocycles. The van der Waals surface area contributed by atoms with E-state index in [0.29, 0.717) is 13.1 Å². The van der Waals surface area contributed by atoms with Crippen molar-refractivity contribution in [3.63, 3.8) is 0 Å². The molecule has 276 valence electrons. The molecular weight excluding hydrogens is 688 g/mol. The van der Waals surface area contributed by atoms with E-state index in [-0.39, 0.29) is 38.1 Å². The van der Waals surface area contributed by atoms with Crippen LogP contribution in [0.15, 0.2) is 79.0 Å². The van der Waals surface area contributed by atoms with E-state index in [4.69, 9.17) is 30.3 Å². The lowest BCUT2D eigenvalue weighted by Crippen LogP contribution is -2.35. The van der Waals surface area contributed by atoms with Gasteiger partial charge in [-0.3, -0.25) is 20.2 Å². The Hall–Kier alpha value is -5.47. The molecule has 8 rings (SSSR count). The van der Waals surface area contributed by atoms with E-state index in [2.05, 4.69) is 49.9 Å². The van der Waals surface area contributed by atoms with Crippen LogP contribution in [0.2, 0.25) is 0 Å². The van der Waals surface area contributed by atoms with Crippen molar-refractivity contribution < 1.29 is 34.1 Å². The van der Waals surface area contributed by atoms with Crippen molar-refractivity contribution in [1.29, 1.82) is 0 Å². The van der Waals surface area contributed by atoms with Gasteiger partial charge >= 0.3 is 17.9 Å². The van der Waals surface area contributed by atoms with Crippen molar-refractivity contribution >= 4 is 69.3 Å². The number of nitrogens with two attached hydrogens (primary N) is 1. The Bertz CT molecular complexity index is 2120. The van der Waals surface area contributed by atoms with Gasteiger partial charge in [-0.05, 0) is 60.7 Å². The number of carbonyl (C=O) groups is 4. The summed E-state index contributed by atoms with van der Waals surface area (Å²) in [5.74, 6) is -2.49. The van der Waals surface area contributed by atoms with E-state index < -0.39 is 18.0 Å². The number of hydrogen-bond acceptors (Lipinski definition) is 8. The van der Waals surface area contributed by atoms with E-state index >= 15 is 0 Å². The Balaban J connectivity index is 0.000000196. The number of fused-ring (bicyclic) bond motifs is 7. The molecule has 14 heteroatoms. The number of aromatic nitrogens is 3. The smallest absolute Gasteiger partial charge is 0.368 e. The first-order valence-electron chi connectivity index (χ1n) is 16.2. The van der Waals surface area contributed by atoms with Crippen molar-refractivity contribution in [2.24, 2.45) is 5.73 Å². The van der Waals surface area contributed by atoms with Gasteiger partial charge in [-0.15, -0.1) is 12.4 Å². The number of hydrogen-bond donors (Lipinski definition) is 8. The SMILES string of the molecule is C.COC(=O)C1NCCc2c1[nH]c1ccccc21.Cl.NCCc1c[nH]c2ccccc12.O=C(O)C1NCCc2c1[nH]c1ccccc21.O=CC(=O)O. The van der Waals surface area contributed by atoms with Crippen LogP contribution in [0.1, 0.15) is 47.6 Å².